The number of nitrogens with two attached hydrogens (primary N) is 1. The molecule has 0 spiro atoms. The first-order valence-corrected chi connectivity index (χ1v) is 9.23. The van der Waals surface area contributed by atoms with Gasteiger partial charge in [0.2, 0.25) is 10.0 Å². The van der Waals surface area contributed by atoms with Gasteiger partial charge in [0, 0.05) is 12.6 Å². The van der Waals surface area contributed by atoms with Gasteiger partial charge in [-0.1, -0.05) is 24.3 Å². The standard InChI is InChI=1S/C18H24N2O3S/c1-13-5-6-15(11-18(13)23-4)12-20(3)14(2)16-7-9-17(10-8-16)24(19,21)22/h5-11,14H,12H2,1-4H3,(H2,19,21,22). The molecule has 2 aromatic carbocycles. The summed E-state index contributed by atoms with van der Waals surface area (Å²) in [6.07, 6.45) is 0. The Morgan fingerprint density at radius 3 is 2.33 bits per heavy atom. The minimum atomic E-state index is -3.65. The van der Waals surface area contributed by atoms with Gasteiger partial charge < -0.3 is 4.74 Å². The summed E-state index contributed by atoms with van der Waals surface area (Å²) in [6, 6.07) is 13.0. The van der Waals surface area contributed by atoms with Crippen LogP contribution in [-0.2, 0) is 16.6 Å². The van der Waals surface area contributed by atoms with Crippen molar-refractivity contribution >= 4 is 10.0 Å². The van der Waals surface area contributed by atoms with E-state index in [9.17, 15) is 8.42 Å². The lowest BCUT2D eigenvalue weighted by molar-refractivity contribution is 0.252. The molecule has 0 aliphatic rings. The molecule has 0 aliphatic carbocycles. The van der Waals surface area contributed by atoms with Crippen LogP contribution in [0.15, 0.2) is 47.4 Å². The molecule has 0 heterocycles. The zero-order chi connectivity index (χ0) is 17.9. The Morgan fingerprint density at radius 2 is 1.79 bits per heavy atom. The molecule has 0 fully saturated rings. The highest BCUT2D eigenvalue weighted by Crippen LogP contribution is 2.24. The Balaban J connectivity index is 2.13. The number of nitrogens with zero attached hydrogens (tertiary/aromatic N) is 1. The molecule has 24 heavy (non-hydrogen) atoms. The van der Waals surface area contributed by atoms with Crippen LogP contribution in [0.2, 0.25) is 0 Å². The molecule has 0 radical (unpaired) electrons. The van der Waals surface area contributed by atoms with Gasteiger partial charge in [-0.25, -0.2) is 13.6 Å². The lowest BCUT2D eigenvalue weighted by Gasteiger charge is -2.25. The third-order valence-electron chi connectivity index (χ3n) is 4.26. The number of aryl methyl sites for hydroxylation is 1. The van der Waals surface area contributed by atoms with E-state index in [0.717, 1.165) is 29.0 Å². The maximum Gasteiger partial charge on any atom is 0.238 e. The summed E-state index contributed by atoms with van der Waals surface area (Å²) in [6.45, 7) is 4.86. The number of sulfonamides is 1. The van der Waals surface area contributed by atoms with Gasteiger partial charge in [0.1, 0.15) is 5.75 Å². The topological polar surface area (TPSA) is 72.6 Å². The predicted octanol–water partition coefficient (Wildman–Crippen LogP) is 2.84. The van der Waals surface area contributed by atoms with Crippen molar-refractivity contribution in [1.82, 2.24) is 4.90 Å². The van der Waals surface area contributed by atoms with Crippen molar-refractivity contribution < 1.29 is 13.2 Å². The maximum atomic E-state index is 11.3. The molecule has 2 N–H and O–H groups in total. The van der Waals surface area contributed by atoms with Gasteiger partial charge in [-0.15, -0.1) is 0 Å². The quantitative estimate of drug-likeness (QED) is 0.871. The highest BCUT2D eigenvalue weighted by atomic mass is 32.2. The molecule has 0 aliphatic heterocycles. The summed E-state index contributed by atoms with van der Waals surface area (Å²) in [5, 5.41) is 5.13. The average Bonchev–Trinajstić information content (AvgIpc) is 2.55. The molecule has 1 atom stereocenters. The minimum Gasteiger partial charge on any atom is -0.496 e. The van der Waals surface area contributed by atoms with Crippen LogP contribution in [-0.4, -0.2) is 27.5 Å². The lowest BCUT2D eigenvalue weighted by Crippen LogP contribution is -2.22. The van der Waals surface area contributed by atoms with E-state index < -0.39 is 10.0 Å². The SMILES string of the molecule is COc1cc(CN(C)C(C)c2ccc(S(N)(=O)=O)cc2)ccc1C. The van der Waals surface area contributed by atoms with E-state index in [1.807, 2.05) is 26.1 Å². The third-order valence-corrected chi connectivity index (χ3v) is 5.19. The van der Waals surface area contributed by atoms with Gasteiger partial charge in [-0.2, -0.15) is 0 Å². The number of hydrogen-bond acceptors (Lipinski definition) is 4. The second-order valence-corrected chi connectivity index (χ2v) is 7.57. The Hall–Kier alpha value is -1.89. The van der Waals surface area contributed by atoms with Crippen molar-refractivity contribution in [2.24, 2.45) is 5.14 Å². The fourth-order valence-electron chi connectivity index (χ4n) is 2.58. The Morgan fingerprint density at radius 1 is 1.17 bits per heavy atom. The van der Waals surface area contributed by atoms with Gasteiger partial charge >= 0.3 is 0 Å². The zero-order valence-electron chi connectivity index (χ0n) is 14.5. The molecule has 0 amide bonds. The fourth-order valence-corrected chi connectivity index (χ4v) is 3.09. The van der Waals surface area contributed by atoms with E-state index in [0.29, 0.717) is 0 Å². The van der Waals surface area contributed by atoms with Crippen LogP contribution >= 0.6 is 0 Å². The number of primary sulfonamides is 1. The summed E-state index contributed by atoms with van der Waals surface area (Å²) >= 11 is 0. The van der Waals surface area contributed by atoms with Gasteiger partial charge in [-0.3, -0.25) is 4.90 Å². The van der Waals surface area contributed by atoms with Crippen molar-refractivity contribution in [3.05, 3.63) is 59.2 Å². The number of ether oxygens (including phenoxy) is 1. The van der Waals surface area contributed by atoms with Crippen LogP contribution in [0.3, 0.4) is 0 Å². The molecular weight excluding hydrogens is 324 g/mol. The van der Waals surface area contributed by atoms with Crippen LogP contribution < -0.4 is 9.88 Å². The van der Waals surface area contributed by atoms with Crippen molar-refractivity contribution in [3.63, 3.8) is 0 Å². The highest BCUT2D eigenvalue weighted by Gasteiger charge is 2.14. The molecular formula is C18H24N2O3S. The molecule has 2 rings (SSSR count). The van der Waals surface area contributed by atoms with Crippen molar-refractivity contribution in [1.29, 1.82) is 0 Å². The van der Waals surface area contributed by atoms with Crippen LogP contribution in [0, 0.1) is 6.92 Å². The minimum absolute atomic E-state index is 0.129. The van der Waals surface area contributed by atoms with Crippen LogP contribution in [0.25, 0.3) is 0 Å². The molecule has 0 saturated carbocycles. The Bertz CT molecular complexity index is 802. The van der Waals surface area contributed by atoms with Gasteiger partial charge in [0.15, 0.2) is 0 Å². The highest BCUT2D eigenvalue weighted by molar-refractivity contribution is 7.89. The van der Waals surface area contributed by atoms with Crippen molar-refractivity contribution in [3.8, 4) is 5.75 Å². The average molecular weight is 348 g/mol. The number of hydrogen-bond donors (Lipinski definition) is 1. The monoisotopic (exact) mass is 348 g/mol. The lowest BCUT2D eigenvalue weighted by atomic mass is 10.1. The molecule has 6 heteroatoms. The van der Waals surface area contributed by atoms with Crippen LogP contribution in [0.1, 0.15) is 29.7 Å². The van der Waals surface area contributed by atoms with Gasteiger partial charge in [0.05, 0.1) is 12.0 Å². The molecule has 0 aromatic heterocycles. The molecule has 130 valence electrons. The van der Waals surface area contributed by atoms with E-state index in [1.54, 1.807) is 31.4 Å². The largest absolute Gasteiger partial charge is 0.496 e. The first-order valence-electron chi connectivity index (χ1n) is 7.69. The van der Waals surface area contributed by atoms with E-state index >= 15 is 0 Å². The third kappa shape index (κ3) is 4.35. The predicted molar refractivity (Wildman–Crippen MR) is 95.4 cm³/mol. The first kappa shape index (κ1) is 18.4. The smallest absolute Gasteiger partial charge is 0.238 e. The normalized spacial score (nSPS) is 13.1. The summed E-state index contributed by atoms with van der Waals surface area (Å²) < 4.78 is 28.0. The summed E-state index contributed by atoms with van der Waals surface area (Å²) in [4.78, 5) is 2.32. The van der Waals surface area contributed by atoms with Crippen molar-refractivity contribution in [2.45, 2.75) is 31.3 Å². The van der Waals surface area contributed by atoms with E-state index in [4.69, 9.17) is 9.88 Å². The Kier molecular flexibility index (Phi) is 5.64. The number of rotatable bonds is 6. The summed E-state index contributed by atoms with van der Waals surface area (Å²) in [5.74, 6) is 0.881. The molecule has 0 bridgehead atoms. The summed E-state index contributed by atoms with van der Waals surface area (Å²) in [7, 11) is 0.0511. The number of methoxy groups -OCH3 is 1. The maximum absolute atomic E-state index is 11.3. The van der Waals surface area contributed by atoms with Gasteiger partial charge in [-0.05, 0) is 55.8 Å². The second kappa shape index (κ2) is 7.34. The fraction of sp³-hybridized carbons (Fsp3) is 0.333. The van der Waals surface area contributed by atoms with Crippen LogP contribution in [0.4, 0.5) is 0 Å². The van der Waals surface area contributed by atoms with Crippen molar-refractivity contribution in [2.75, 3.05) is 14.2 Å². The van der Waals surface area contributed by atoms with E-state index in [1.165, 1.54) is 0 Å². The van der Waals surface area contributed by atoms with E-state index in [-0.39, 0.29) is 10.9 Å². The molecule has 5 nitrogen and oxygen atoms in total. The first-order chi connectivity index (χ1) is 11.2. The Labute approximate surface area is 144 Å². The van der Waals surface area contributed by atoms with E-state index in [2.05, 4.69) is 17.9 Å². The van der Waals surface area contributed by atoms with Gasteiger partial charge in [0.25, 0.3) is 0 Å². The van der Waals surface area contributed by atoms with Crippen LogP contribution in [0.5, 0.6) is 5.75 Å². The zero-order valence-corrected chi connectivity index (χ0v) is 15.3. The molecule has 0 saturated heterocycles. The summed E-state index contributed by atoms with van der Waals surface area (Å²) in [5.41, 5.74) is 3.30. The second-order valence-electron chi connectivity index (χ2n) is 6.01. The molecule has 2 aromatic rings. The number of benzene rings is 2. The molecule has 1 unspecified atom stereocenters.